The van der Waals surface area contributed by atoms with Crippen LogP contribution in [0.2, 0.25) is 0 Å². The fourth-order valence-electron chi connectivity index (χ4n) is 2.82. The topological polar surface area (TPSA) is 23.6 Å². The van der Waals surface area contributed by atoms with Crippen LogP contribution in [-0.2, 0) is 6.42 Å². The van der Waals surface area contributed by atoms with Crippen LogP contribution in [0, 0.1) is 11.8 Å². The van der Waals surface area contributed by atoms with Crippen LogP contribution in [-0.4, -0.2) is 30.6 Å². The summed E-state index contributed by atoms with van der Waals surface area (Å²) in [4.78, 5) is 16.8. The quantitative estimate of drug-likeness (QED) is 0.819. The molecule has 0 unspecified atom stereocenters. The van der Waals surface area contributed by atoms with Gasteiger partial charge in [0.1, 0.15) is 0 Å². The van der Waals surface area contributed by atoms with Gasteiger partial charge in [0, 0.05) is 25.3 Å². The standard InChI is InChI=1S/C17H26N2O/c1-13(2)11-18(12-14(3)4)17(20)19-10-9-15-7-5-6-8-16(15)19/h5-8,13-14H,9-12H2,1-4H3. The smallest absolute Gasteiger partial charge is 0.324 e. The Morgan fingerprint density at radius 2 is 1.75 bits per heavy atom. The largest absolute Gasteiger partial charge is 0.324 e. The van der Waals surface area contributed by atoms with Gasteiger partial charge < -0.3 is 4.90 Å². The minimum Gasteiger partial charge on any atom is -0.324 e. The first-order valence-electron chi connectivity index (χ1n) is 7.63. The normalized spacial score (nSPS) is 14.0. The second kappa shape index (κ2) is 6.29. The summed E-state index contributed by atoms with van der Waals surface area (Å²) in [5.41, 5.74) is 2.38. The molecule has 0 bridgehead atoms. The molecule has 2 amide bonds. The van der Waals surface area contributed by atoms with Gasteiger partial charge in [-0.1, -0.05) is 45.9 Å². The number of fused-ring (bicyclic) bond motifs is 1. The van der Waals surface area contributed by atoms with Crippen molar-refractivity contribution in [2.45, 2.75) is 34.1 Å². The Balaban J connectivity index is 2.16. The van der Waals surface area contributed by atoms with E-state index in [0.717, 1.165) is 31.7 Å². The maximum atomic E-state index is 12.8. The molecule has 1 aromatic carbocycles. The highest BCUT2D eigenvalue weighted by atomic mass is 16.2. The molecule has 0 saturated carbocycles. The van der Waals surface area contributed by atoms with E-state index in [-0.39, 0.29) is 6.03 Å². The van der Waals surface area contributed by atoms with Crippen LogP contribution in [0.5, 0.6) is 0 Å². The fourth-order valence-corrected chi connectivity index (χ4v) is 2.82. The van der Waals surface area contributed by atoms with Crippen molar-refractivity contribution in [1.29, 1.82) is 0 Å². The number of rotatable bonds is 4. The van der Waals surface area contributed by atoms with Gasteiger partial charge in [0.15, 0.2) is 0 Å². The van der Waals surface area contributed by atoms with Gasteiger partial charge in [-0.05, 0) is 29.9 Å². The van der Waals surface area contributed by atoms with Crippen molar-refractivity contribution in [3.05, 3.63) is 29.8 Å². The van der Waals surface area contributed by atoms with Crippen LogP contribution in [0.1, 0.15) is 33.3 Å². The number of urea groups is 1. The van der Waals surface area contributed by atoms with Crippen molar-refractivity contribution in [2.75, 3.05) is 24.5 Å². The maximum absolute atomic E-state index is 12.8. The van der Waals surface area contributed by atoms with E-state index >= 15 is 0 Å². The lowest BCUT2D eigenvalue weighted by Crippen LogP contribution is -2.45. The average molecular weight is 274 g/mol. The van der Waals surface area contributed by atoms with Crippen LogP contribution in [0.15, 0.2) is 24.3 Å². The summed E-state index contributed by atoms with van der Waals surface area (Å²) in [6.45, 7) is 11.1. The summed E-state index contributed by atoms with van der Waals surface area (Å²) in [6.07, 6.45) is 0.971. The van der Waals surface area contributed by atoms with Crippen LogP contribution in [0.4, 0.5) is 10.5 Å². The average Bonchev–Trinajstić information content (AvgIpc) is 2.79. The van der Waals surface area contributed by atoms with Crippen molar-refractivity contribution in [2.24, 2.45) is 11.8 Å². The molecule has 0 aliphatic carbocycles. The lowest BCUT2D eigenvalue weighted by atomic mass is 10.1. The summed E-state index contributed by atoms with van der Waals surface area (Å²) in [5.74, 6) is 0.992. The summed E-state index contributed by atoms with van der Waals surface area (Å²) >= 11 is 0. The minimum atomic E-state index is 0.164. The first kappa shape index (κ1) is 14.9. The molecule has 1 aromatic rings. The molecule has 20 heavy (non-hydrogen) atoms. The molecule has 2 rings (SSSR count). The van der Waals surface area contributed by atoms with E-state index in [2.05, 4.69) is 39.8 Å². The highest BCUT2D eigenvalue weighted by Crippen LogP contribution is 2.28. The monoisotopic (exact) mass is 274 g/mol. The van der Waals surface area contributed by atoms with Crippen molar-refractivity contribution in [1.82, 2.24) is 4.90 Å². The number of hydrogen-bond acceptors (Lipinski definition) is 1. The number of nitrogens with zero attached hydrogens (tertiary/aromatic N) is 2. The van der Waals surface area contributed by atoms with Gasteiger partial charge in [0.05, 0.1) is 0 Å². The molecule has 0 fully saturated rings. The lowest BCUT2D eigenvalue weighted by molar-refractivity contribution is 0.190. The van der Waals surface area contributed by atoms with Crippen molar-refractivity contribution >= 4 is 11.7 Å². The van der Waals surface area contributed by atoms with Crippen LogP contribution in [0.3, 0.4) is 0 Å². The van der Waals surface area contributed by atoms with Gasteiger partial charge in [-0.25, -0.2) is 4.79 Å². The first-order valence-corrected chi connectivity index (χ1v) is 7.63. The predicted octanol–water partition coefficient (Wildman–Crippen LogP) is 3.78. The maximum Gasteiger partial charge on any atom is 0.324 e. The van der Waals surface area contributed by atoms with E-state index in [1.807, 2.05) is 21.9 Å². The second-order valence-corrected chi connectivity index (χ2v) is 6.51. The Labute approximate surface area is 122 Å². The first-order chi connectivity index (χ1) is 9.49. The van der Waals surface area contributed by atoms with Crippen LogP contribution >= 0.6 is 0 Å². The lowest BCUT2D eigenvalue weighted by Gasteiger charge is -2.31. The zero-order chi connectivity index (χ0) is 14.7. The van der Waals surface area contributed by atoms with E-state index in [1.165, 1.54) is 5.56 Å². The van der Waals surface area contributed by atoms with Gasteiger partial charge in [0.2, 0.25) is 0 Å². The molecule has 0 atom stereocenters. The number of benzene rings is 1. The SMILES string of the molecule is CC(C)CN(CC(C)C)C(=O)N1CCc2ccccc21. The Bertz CT molecular complexity index is 458. The predicted molar refractivity (Wildman–Crippen MR) is 84.1 cm³/mol. The van der Waals surface area contributed by atoms with Gasteiger partial charge >= 0.3 is 6.03 Å². The molecule has 0 radical (unpaired) electrons. The molecule has 0 N–H and O–H groups in total. The molecule has 0 saturated heterocycles. The zero-order valence-corrected chi connectivity index (χ0v) is 13.1. The van der Waals surface area contributed by atoms with E-state index in [0.29, 0.717) is 11.8 Å². The number of amides is 2. The third kappa shape index (κ3) is 3.33. The van der Waals surface area contributed by atoms with E-state index in [9.17, 15) is 4.79 Å². The Kier molecular flexibility index (Phi) is 4.69. The molecular weight excluding hydrogens is 248 g/mol. The van der Waals surface area contributed by atoms with Gasteiger partial charge in [-0.3, -0.25) is 4.90 Å². The highest BCUT2D eigenvalue weighted by Gasteiger charge is 2.28. The molecule has 1 aliphatic rings. The van der Waals surface area contributed by atoms with E-state index < -0.39 is 0 Å². The minimum absolute atomic E-state index is 0.164. The number of para-hydroxylation sites is 1. The summed E-state index contributed by atoms with van der Waals surface area (Å²) in [7, 11) is 0. The third-order valence-corrected chi connectivity index (χ3v) is 3.56. The molecule has 0 spiro atoms. The number of carbonyl (C=O) groups is 1. The summed E-state index contributed by atoms with van der Waals surface area (Å²) in [5, 5.41) is 0. The van der Waals surface area contributed by atoms with Crippen LogP contribution < -0.4 is 4.90 Å². The van der Waals surface area contributed by atoms with Crippen molar-refractivity contribution < 1.29 is 4.79 Å². The second-order valence-electron chi connectivity index (χ2n) is 6.51. The Hall–Kier alpha value is -1.51. The molecular formula is C17H26N2O. The number of hydrogen-bond donors (Lipinski definition) is 0. The fraction of sp³-hybridized carbons (Fsp3) is 0.588. The number of carbonyl (C=O) groups excluding carboxylic acids is 1. The molecule has 3 heteroatoms. The third-order valence-electron chi connectivity index (χ3n) is 3.56. The van der Waals surface area contributed by atoms with Gasteiger partial charge in [-0.2, -0.15) is 0 Å². The molecule has 1 aliphatic heterocycles. The summed E-state index contributed by atoms with van der Waals surface area (Å²) < 4.78 is 0. The van der Waals surface area contributed by atoms with Crippen LogP contribution in [0.25, 0.3) is 0 Å². The number of anilines is 1. The molecule has 1 heterocycles. The summed E-state index contributed by atoms with van der Waals surface area (Å²) in [6, 6.07) is 8.41. The van der Waals surface area contributed by atoms with Crippen molar-refractivity contribution in [3.8, 4) is 0 Å². The van der Waals surface area contributed by atoms with Gasteiger partial charge in [0.25, 0.3) is 0 Å². The van der Waals surface area contributed by atoms with Gasteiger partial charge in [-0.15, -0.1) is 0 Å². The van der Waals surface area contributed by atoms with E-state index in [1.54, 1.807) is 0 Å². The van der Waals surface area contributed by atoms with Crippen molar-refractivity contribution in [3.63, 3.8) is 0 Å². The highest BCUT2D eigenvalue weighted by molar-refractivity contribution is 5.94. The molecule has 3 nitrogen and oxygen atoms in total. The Morgan fingerprint density at radius 1 is 1.15 bits per heavy atom. The zero-order valence-electron chi connectivity index (χ0n) is 13.1. The van der Waals surface area contributed by atoms with E-state index in [4.69, 9.17) is 0 Å². The molecule has 0 aromatic heterocycles. The Morgan fingerprint density at radius 3 is 2.35 bits per heavy atom. The molecule has 110 valence electrons.